The molecular formula is C17H26F3N3O3. The summed E-state index contributed by atoms with van der Waals surface area (Å²) in [4.78, 5) is 28.6. The number of nitrogens with zero attached hydrogens (tertiary/aromatic N) is 2. The van der Waals surface area contributed by atoms with E-state index in [0.717, 1.165) is 44.7 Å². The second-order valence-electron chi connectivity index (χ2n) is 7.61. The first-order chi connectivity index (χ1) is 12.0. The lowest BCUT2D eigenvalue weighted by molar-refractivity contribution is -0.192. The van der Waals surface area contributed by atoms with Crippen LogP contribution in [0, 0.1) is 17.8 Å². The average Bonchev–Trinajstić information content (AvgIpc) is 3.15. The molecule has 0 aromatic carbocycles. The van der Waals surface area contributed by atoms with Crippen LogP contribution in [0.2, 0.25) is 0 Å². The Kier molecular flexibility index (Phi) is 5.99. The van der Waals surface area contributed by atoms with E-state index in [4.69, 9.17) is 14.9 Å². The van der Waals surface area contributed by atoms with E-state index in [1.165, 1.54) is 0 Å². The molecule has 1 aliphatic carbocycles. The molecule has 1 saturated carbocycles. The summed E-state index contributed by atoms with van der Waals surface area (Å²) in [6.07, 6.45) is -2.14. The third-order valence-electron chi connectivity index (χ3n) is 5.21. The minimum Gasteiger partial charge on any atom is -0.475 e. The highest BCUT2D eigenvalue weighted by Crippen LogP contribution is 2.48. The zero-order valence-electron chi connectivity index (χ0n) is 15.3. The molecule has 0 aromatic rings. The summed E-state index contributed by atoms with van der Waals surface area (Å²) in [5.41, 5.74) is -0.415. The van der Waals surface area contributed by atoms with Crippen LogP contribution in [0.5, 0.6) is 0 Å². The van der Waals surface area contributed by atoms with E-state index in [1.54, 1.807) is 0 Å². The first kappa shape index (κ1) is 20.7. The molecule has 2 N–H and O–H groups in total. The Morgan fingerprint density at radius 2 is 2.04 bits per heavy atom. The number of carboxylic acids is 1. The predicted octanol–water partition coefficient (Wildman–Crippen LogP) is 2.29. The largest absolute Gasteiger partial charge is 0.490 e. The standard InChI is InChI=1S/C15H25N3O.C2HF3O2/c1-4-13-16-14(19)15(17-13)6-5-11-8-18(7-10(2)3)9-12(11)15;3-2(4,5)1(6)7/h10-12H,4-9H2,1-3H3,(H,16,17,19);(H,6,7)/t11-,12+,15-;/m1./s1. The number of nitrogens with one attached hydrogen (secondary N) is 1. The van der Waals surface area contributed by atoms with E-state index in [-0.39, 0.29) is 5.91 Å². The topological polar surface area (TPSA) is 82.0 Å². The van der Waals surface area contributed by atoms with Crippen LogP contribution < -0.4 is 5.32 Å². The zero-order chi connectivity index (χ0) is 19.7. The molecule has 1 spiro atoms. The summed E-state index contributed by atoms with van der Waals surface area (Å²) < 4.78 is 31.7. The number of fused-ring (bicyclic) bond motifs is 2. The van der Waals surface area contributed by atoms with Crippen molar-refractivity contribution in [2.75, 3.05) is 19.6 Å². The minimum atomic E-state index is -5.08. The average molecular weight is 377 g/mol. The van der Waals surface area contributed by atoms with Crippen LogP contribution >= 0.6 is 0 Å². The number of aliphatic carboxylic acids is 1. The van der Waals surface area contributed by atoms with Gasteiger partial charge < -0.3 is 15.3 Å². The van der Waals surface area contributed by atoms with E-state index in [9.17, 15) is 18.0 Å². The fourth-order valence-electron chi connectivity index (χ4n) is 4.20. The third-order valence-corrected chi connectivity index (χ3v) is 5.21. The fraction of sp³-hybridized carbons (Fsp3) is 0.824. The molecule has 26 heavy (non-hydrogen) atoms. The molecule has 1 saturated heterocycles. The van der Waals surface area contributed by atoms with Crippen molar-refractivity contribution in [3.63, 3.8) is 0 Å². The Bertz CT molecular complexity index is 592. The van der Waals surface area contributed by atoms with Crippen LogP contribution in [0.25, 0.3) is 0 Å². The molecule has 148 valence electrons. The Morgan fingerprint density at radius 1 is 1.42 bits per heavy atom. The number of alkyl halides is 3. The number of hydrogen-bond acceptors (Lipinski definition) is 4. The molecule has 1 amide bonds. The zero-order valence-corrected chi connectivity index (χ0v) is 15.3. The van der Waals surface area contributed by atoms with Gasteiger partial charge in [-0.15, -0.1) is 0 Å². The summed E-state index contributed by atoms with van der Waals surface area (Å²) in [5, 5.41) is 10.1. The number of rotatable bonds is 3. The first-order valence-electron chi connectivity index (χ1n) is 8.92. The van der Waals surface area contributed by atoms with Crippen LogP contribution in [0.15, 0.2) is 4.99 Å². The number of carbonyl (C=O) groups excluding carboxylic acids is 1. The number of halogens is 3. The summed E-state index contributed by atoms with van der Waals surface area (Å²) in [6.45, 7) is 9.95. The quantitative estimate of drug-likeness (QED) is 0.791. The van der Waals surface area contributed by atoms with Gasteiger partial charge in [-0.05, 0) is 24.7 Å². The van der Waals surface area contributed by atoms with Gasteiger partial charge in [0.15, 0.2) is 0 Å². The molecule has 0 aromatic heterocycles. The maximum atomic E-state index is 12.4. The maximum Gasteiger partial charge on any atom is 0.490 e. The first-order valence-corrected chi connectivity index (χ1v) is 8.92. The van der Waals surface area contributed by atoms with Gasteiger partial charge in [0.2, 0.25) is 0 Å². The predicted molar refractivity (Wildman–Crippen MR) is 89.8 cm³/mol. The van der Waals surface area contributed by atoms with Crippen molar-refractivity contribution in [2.45, 2.75) is 51.7 Å². The Morgan fingerprint density at radius 3 is 2.50 bits per heavy atom. The summed E-state index contributed by atoms with van der Waals surface area (Å²) in [6, 6.07) is 0. The lowest BCUT2D eigenvalue weighted by Gasteiger charge is -2.26. The summed E-state index contributed by atoms with van der Waals surface area (Å²) in [7, 11) is 0. The van der Waals surface area contributed by atoms with E-state index in [0.29, 0.717) is 17.8 Å². The van der Waals surface area contributed by atoms with Gasteiger partial charge in [0, 0.05) is 32.0 Å². The fourth-order valence-corrected chi connectivity index (χ4v) is 4.20. The summed E-state index contributed by atoms with van der Waals surface area (Å²) in [5.74, 6) is 0.116. The number of hydrogen-bond donors (Lipinski definition) is 2. The highest BCUT2D eigenvalue weighted by Gasteiger charge is 2.58. The number of amides is 1. The molecule has 2 fully saturated rings. The van der Waals surface area contributed by atoms with Gasteiger partial charge >= 0.3 is 12.1 Å². The van der Waals surface area contributed by atoms with Crippen LogP contribution in [0.3, 0.4) is 0 Å². The normalized spacial score (nSPS) is 30.9. The van der Waals surface area contributed by atoms with E-state index >= 15 is 0 Å². The molecule has 2 heterocycles. The second kappa shape index (κ2) is 7.54. The number of amidine groups is 1. The molecule has 0 bridgehead atoms. The van der Waals surface area contributed by atoms with Crippen LogP contribution in [-0.4, -0.2) is 59.1 Å². The van der Waals surface area contributed by atoms with Crippen LogP contribution in [0.1, 0.15) is 40.0 Å². The lowest BCUT2D eigenvalue weighted by atomic mass is 9.85. The summed E-state index contributed by atoms with van der Waals surface area (Å²) >= 11 is 0. The molecule has 0 radical (unpaired) electrons. The second-order valence-corrected chi connectivity index (χ2v) is 7.61. The van der Waals surface area contributed by atoms with Gasteiger partial charge in [-0.2, -0.15) is 13.2 Å². The molecule has 6 nitrogen and oxygen atoms in total. The molecule has 0 unspecified atom stereocenters. The Hall–Kier alpha value is -1.64. The Labute approximate surface area is 150 Å². The lowest BCUT2D eigenvalue weighted by Crippen LogP contribution is -2.45. The molecule has 3 atom stereocenters. The van der Waals surface area contributed by atoms with Gasteiger partial charge in [-0.1, -0.05) is 20.8 Å². The van der Waals surface area contributed by atoms with Crippen LogP contribution in [-0.2, 0) is 9.59 Å². The SMILES string of the molecule is CCC1=N[C@@]2(CC[C@@H]3CN(CC(C)C)C[C@@H]32)C(=O)N1.O=C(O)C(F)(F)F. The molecule has 3 rings (SSSR count). The molecule has 9 heteroatoms. The van der Waals surface area contributed by atoms with Gasteiger partial charge in [0.05, 0.1) is 0 Å². The molecular weight excluding hydrogens is 351 g/mol. The van der Waals surface area contributed by atoms with Gasteiger partial charge in [-0.3, -0.25) is 9.79 Å². The van der Waals surface area contributed by atoms with Crippen molar-refractivity contribution in [2.24, 2.45) is 22.7 Å². The molecule has 2 aliphatic heterocycles. The number of carboxylic acid groups (broad SMARTS) is 1. The van der Waals surface area contributed by atoms with Crippen LogP contribution in [0.4, 0.5) is 13.2 Å². The van der Waals surface area contributed by atoms with Crippen molar-refractivity contribution in [3.8, 4) is 0 Å². The van der Waals surface area contributed by atoms with E-state index in [2.05, 4.69) is 31.0 Å². The van der Waals surface area contributed by atoms with Crippen molar-refractivity contribution in [3.05, 3.63) is 0 Å². The van der Waals surface area contributed by atoms with Gasteiger partial charge in [0.25, 0.3) is 5.91 Å². The number of carbonyl (C=O) groups is 2. The number of likely N-dealkylation sites (tertiary alicyclic amines) is 1. The number of aliphatic imine (C=N–C) groups is 1. The van der Waals surface area contributed by atoms with Gasteiger partial charge in [-0.25, -0.2) is 4.79 Å². The van der Waals surface area contributed by atoms with E-state index in [1.807, 2.05) is 0 Å². The van der Waals surface area contributed by atoms with Crippen molar-refractivity contribution >= 4 is 17.7 Å². The Balaban J connectivity index is 0.000000298. The smallest absolute Gasteiger partial charge is 0.475 e. The highest BCUT2D eigenvalue weighted by atomic mass is 19.4. The third kappa shape index (κ3) is 4.19. The monoisotopic (exact) mass is 377 g/mol. The van der Waals surface area contributed by atoms with Crippen molar-refractivity contribution in [1.29, 1.82) is 0 Å². The van der Waals surface area contributed by atoms with Gasteiger partial charge in [0.1, 0.15) is 11.4 Å². The highest BCUT2D eigenvalue weighted by molar-refractivity contribution is 6.08. The minimum absolute atomic E-state index is 0.170. The van der Waals surface area contributed by atoms with E-state index < -0.39 is 17.7 Å². The maximum absolute atomic E-state index is 12.4. The molecule has 3 aliphatic rings. The van der Waals surface area contributed by atoms with Crippen molar-refractivity contribution in [1.82, 2.24) is 10.2 Å². The van der Waals surface area contributed by atoms with Crippen molar-refractivity contribution < 1.29 is 27.9 Å².